The van der Waals surface area contributed by atoms with Crippen molar-refractivity contribution in [3.05, 3.63) is 0 Å². The Morgan fingerprint density at radius 2 is 1.30 bits per heavy atom. The maximum absolute atomic E-state index is 12.0. The maximum atomic E-state index is 12.0. The molecule has 2 aliphatic rings. The second kappa shape index (κ2) is 11.2. The van der Waals surface area contributed by atoms with E-state index in [9.17, 15) is 4.79 Å². The Hall–Kier alpha value is -0.730. The lowest BCUT2D eigenvalue weighted by Crippen LogP contribution is -2.52. The molecule has 2 aliphatic heterocycles. The Morgan fingerprint density at radius 1 is 0.833 bits per heavy atom. The van der Waals surface area contributed by atoms with E-state index in [0.717, 1.165) is 25.7 Å². The minimum absolute atomic E-state index is 0.0728. The molecule has 2 heterocycles. The molecule has 176 valence electrons. The van der Waals surface area contributed by atoms with Crippen LogP contribution in [0.15, 0.2) is 0 Å². The third kappa shape index (κ3) is 7.16. The van der Waals surface area contributed by atoms with Gasteiger partial charge in [0.05, 0.1) is 56.1 Å². The van der Waals surface area contributed by atoms with Gasteiger partial charge in [0.1, 0.15) is 0 Å². The molecule has 0 atom stereocenters. The Morgan fingerprint density at radius 3 is 1.73 bits per heavy atom. The molecule has 2 fully saturated rings. The highest BCUT2D eigenvalue weighted by Gasteiger charge is 2.42. The van der Waals surface area contributed by atoms with Crippen molar-refractivity contribution in [1.29, 1.82) is 0 Å². The number of esters is 1. The highest BCUT2D eigenvalue weighted by Crippen LogP contribution is 2.32. The van der Waals surface area contributed by atoms with Crippen LogP contribution in [0.3, 0.4) is 0 Å². The van der Waals surface area contributed by atoms with E-state index in [2.05, 4.69) is 20.8 Å². The van der Waals surface area contributed by atoms with Crippen LogP contribution in [-0.2, 0) is 33.2 Å². The van der Waals surface area contributed by atoms with E-state index in [0.29, 0.717) is 46.1 Å². The molecule has 0 aromatic carbocycles. The minimum atomic E-state index is -0.456. The van der Waals surface area contributed by atoms with Crippen molar-refractivity contribution in [2.24, 2.45) is 10.8 Å². The molecule has 2 rings (SSSR count). The molecule has 30 heavy (non-hydrogen) atoms. The fraction of sp³-hybridized carbons (Fsp3) is 0.957. The first-order valence-electron chi connectivity index (χ1n) is 11.4. The van der Waals surface area contributed by atoms with Gasteiger partial charge in [-0.2, -0.15) is 0 Å². The molecule has 7 heteroatoms. The monoisotopic (exact) mass is 430 g/mol. The van der Waals surface area contributed by atoms with Crippen molar-refractivity contribution < 1.29 is 33.2 Å². The summed E-state index contributed by atoms with van der Waals surface area (Å²) in [6, 6.07) is 0. The first kappa shape index (κ1) is 25.5. The summed E-state index contributed by atoms with van der Waals surface area (Å²) in [6.45, 7) is 15.2. The number of ether oxygens (including phenoxy) is 6. The first-order chi connectivity index (χ1) is 14.2. The summed E-state index contributed by atoms with van der Waals surface area (Å²) in [5.41, 5.74) is -0.797. The van der Waals surface area contributed by atoms with Crippen LogP contribution in [0.1, 0.15) is 73.6 Å². The van der Waals surface area contributed by atoms with Gasteiger partial charge in [0, 0.05) is 12.8 Å². The predicted octanol–water partition coefficient (Wildman–Crippen LogP) is 4.07. The van der Waals surface area contributed by atoms with Crippen LogP contribution in [0.2, 0.25) is 0 Å². The van der Waals surface area contributed by atoms with Crippen molar-refractivity contribution in [3.63, 3.8) is 0 Å². The van der Waals surface area contributed by atoms with Gasteiger partial charge in [0.15, 0.2) is 12.6 Å². The maximum Gasteiger partial charge on any atom is 0.311 e. The van der Waals surface area contributed by atoms with E-state index in [-0.39, 0.29) is 29.6 Å². The van der Waals surface area contributed by atoms with Crippen LogP contribution in [0, 0.1) is 10.8 Å². The highest BCUT2D eigenvalue weighted by atomic mass is 16.7. The zero-order valence-electron chi connectivity index (χ0n) is 19.8. The molecular formula is C23H42O7. The molecule has 2 saturated heterocycles. The van der Waals surface area contributed by atoms with E-state index in [1.165, 1.54) is 0 Å². The van der Waals surface area contributed by atoms with Crippen molar-refractivity contribution >= 4 is 5.97 Å². The zero-order valence-corrected chi connectivity index (χ0v) is 19.8. The molecule has 0 unspecified atom stereocenters. The lowest BCUT2D eigenvalue weighted by Gasteiger charge is -2.43. The second-order valence-electron chi connectivity index (χ2n) is 9.56. The van der Waals surface area contributed by atoms with Gasteiger partial charge >= 0.3 is 5.97 Å². The molecule has 0 aromatic heterocycles. The molecule has 1 spiro atoms. The summed E-state index contributed by atoms with van der Waals surface area (Å²) in [5.74, 6) is -0.181. The summed E-state index contributed by atoms with van der Waals surface area (Å²) in [5, 5.41) is 0. The van der Waals surface area contributed by atoms with Crippen LogP contribution in [0.5, 0.6) is 0 Å². The molecule has 0 aromatic rings. The van der Waals surface area contributed by atoms with Gasteiger partial charge in [-0.1, -0.05) is 20.8 Å². The van der Waals surface area contributed by atoms with E-state index < -0.39 is 5.41 Å². The molecule has 7 nitrogen and oxygen atoms in total. The van der Waals surface area contributed by atoms with Crippen molar-refractivity contribution in [1.82, 2.24) is 0 Å². The third-order valence-electron chi connectivity index (χ3n) is 6.62. The van der Waals surface area contributed by atoms with Crippen LogP contribution in [-0.4, -0.2) is 63.8 Å². The lowest BCUT2D eigenvalue weighted by atomic mass is 9.90. The average molecular weight is 431 g/mol. The fourth-order valence-electron chi connectivity index (χ4n) is 3.20. The number of hydrogen-bond donors (Lipinski definition) is 0. The first-order valence-corrected chi connectivity index (χ1v) is 11.4. The van der Waals surface area contributed by atoms with Gasteiger partial charge in [-0.25, -0.2) is 0 Å². The van der Waals surface area contributed by atoms with Gasteiger partial charge in [-0.15, -0.1) is 0 Å². The Labute approximate surface area is 182 Å². The molecule has 0 radical (unpaired) electrons. The van der Waals surface area contributed by atoms with Crippen LogP contribution in [0.4, 0.5) is 0 Å². The smallest absolute Gasteiger partial charge is 0.311 e. The average Bonchev–Trinajstić information content (AvgIpc) is 2.76. The topological polar surface area (TPSA) is 72.5 Å². The van der Waals surface area contributed by atoms with Gasteiger partial charge < -0.3 is 28.4 Å². The van der Waals surface area contributed by atoms with Gasteiger partial charge in [-0.3, -0.25) is 4.79 Å². The molecule has 0 saturated carbocycles. The summed E-state index contributed by atoms with van der Waals surface area (Å²) in [7, 11) is 0. The number of rotatable bonds is 11. The lowest BCUT2D eigenvalue weighted by molar-refractivity contribution is -0.306. The normalized spacial score (nSPS) is 27.9. The van der Waals surface area contributed by atoms with Crippen molar-refractivity contribution in [3.8, 4) is 0 Å². The van der Waals surface area contributed by atoms with E-state index in [4.69, 9.17) is 28.4 Å². The van der Waals surface area contributed by atoms with E-state index in [1.54, 1.807) is 0 Å². The second-order valence-corrected chi connectivity index (χ2v) is 9.56. The SMILES string of the molecule is CCC(C)(CC)OCCC1OCC2(COC(CCOC(=O)C(C)(C)CC)OC2)CO1. The summed E-state index contributed by atoms with van der Waals surface area (Å²) < 4.78 is 34.9. The molecular weight excluding hydrogens is 388 g/mol. The van der Waals surface area contributed by atoms with Crippen molar-refractivity contribution in [2.75, 3.05) is 39.6 Å². The quantitative estimate of drug-likeness (QED) is 0.457. The van der Waals surface area contributed by atoms with Crippen LogP contribution in [0.25, 0.3) is 0 Å². The number of hydrogen-bond acceptors (Lipinski definition) is 7. The van der Waals surface area contributed by atoms with Gasteiger partial charge in [0.25, 0.3) is 0 Å². The van der Waals surface area contributed by atoms with Gasteiger partial charge in [0.2, 0.25) is 0 Å². The third-order valence-corrected chi connectivity index (χ3v) is 6.62. The van der Waals surface area contributed by atoms with Crippen LogP contribution >= 0.6 is 0 Å². The molecule has 0 aliphatic carbocycles. The molecule has 0 bridgehead atoms. The van der Waals surface area contributed by atoms with E-state index in [1.807, 2.05) is 20.8 Å². The minimum Gasteiger partial charge on any atom is -0.465 e. The van der Waals surface area contributed by atoms with E-state index >= 15 is 0 Å². The summed E-state index contributed by atoms with van der Waals surface area (Å²) in [4.78, 5) is 12.0. The highest BCUT2D eigenvalue weighted by molar-refractivity contribution is 5.75. The number of carbonyl (C=O) groups is 1. The Bertz CT molecular complexity index is 512. The zero-order chi connectivity index (χ0) is 22.3. The molecule has 0 amide bonds. The van der Waals surface area contributed by atoms with Crippen LogP contribution < -0.4 is 0 Å². The fourth-order valence-corrected chi connectivity index (χ4v) is 3.20. The Kier molecular flexibility index (Phi) is 9.56. The standard InChI is InChI=1S/C23H42O7/c1-7-21(4,5)20(24)25-12-10-18-26-14-23(15-27-18)16-28-19(29-17-23)11-13-30-22(6,8-2)9-3/h18-19H,7-17H2,1-6H3. The predicted molar refractivity (Wildman–Crippen MR) is 113 cm³/mol. The summed E-state index contributed by atoms with van der Waals surface area (Å²) >= 11 is 0. The molecule has 0 N–H and O–H groups in total. The van der Waals surface area contributed by atoms with Crippen molar-refractivity contribution in [2.45, 2.75) is 91.8 Å². The van der Waals surface area contributed by atoms with Gasteiger partial charge in [-0.05, 0) is 40.0 Å². The number of carbonyl (C=O) groups excluding carboxylic acids is 1. The summed E-state index contributed by atoms with van der Waals surface area (Å²) in [6.07, 6.45) is 3.36. The Balaban J connectivity index is 1.63. The largest absolute Gasteiger partial charge is 0.465 e.